The second-order valence-corrected chi connectivity index (χ2v) is 6.68. The van der Waals surface area contributed by atoms with Crippen LogP contribution in [0.15, 0.2) is 28.8 Å². The molecule has 1 N–H and O–H groups in total. The monoisotopic (exact) mass is 348 g/mol. The maximum absolute atomic E-state index is 5.48. The van der Waals surface area contributed by atoms with Gasteiger partial charge < -0.3 is 9.84 Å². The highest BCUT2D eigenvalue weighted by atomic mass is 35.5. The van der Waals surface area contributed by atoms with E-state index in [2.05, 4.69) is 44.6 Å². The van der Waals surface area contributed by atoms with Gasteiger partial charge in [0.15, 0.2) is 0 Å². The molecule has 2 aliphatic rings. The number of hydrogen-bond acceptors (Lipinski definition) is 5. The van der Waals surface area contributed by atoms with E-state index < -0.39 is 0 Å². The van der Waals surface area contributed by atoms with Crippen molar-refractivity contribution in [2.24, 2.45) is 0 Å². The van der Waals surface area contributed by atoms with Crippen LogP contribution in [-0.2, 0) is 6.54 Å². The number of rotatable bonds is 4. The van der Waals surface area contributed by atoms with Crippen LogP contribution in [0.25, 0.3) is 11.4 Å². The number of halogens is 1. The van der Waals surface area contributed by atoms with Crippen LogP contribution in [0, 0.1) is 0 Å². The number of nitrogens with one attached hydrogen (secondary N) is 1. The molecule has 0 aliphatic carbocycles. The van der Waals surface area contributed by atoms with Gasteiger partial charge in [0.05, 0.1) is 5.92 Å². The zero-order valence-corrected chi connectivity index (χ0v) is 14.7. The molecular formula is C18H25ClN4O. The SMILES string of the molecule is Cl.c1cc(CN2CCCCC2)cc(-c2noc([C@H]3CCNC3)n2)c1. The lowest BCUT2D eigenvalue weighted by atomic mass is 10.1. The Balaban J connectivity index is 0.00000169. The molecule has 0 unspecified atom stereocenters. The summed E-state index contributed by atoms with van der Waals surface area (Å²) in [6, 6.07) is 8.57. The van der Waals surface area contributed by atoms with Crippen LogP contribution in [0.2, 0.25) is 0 Å². The van der Waals surface area contributed by atoms with E-state index in [0.29, 0.717) is 11.7 Å². The van der Waals surface area contributed by atoms with Crippen molar-refractivity contribution in [3.05, 3.63) is 35.7 Å². The highest BCUT2D eigenvalue weighted by Gasteiger charge is 2.23. The molecule has 2 aromatic rings. The Hall–Kier alpha value is -1.43. The quantitative estimate of drug-likeness (QED) is 0.919. The zero-order chi connectivity index (χ0) is 15.5. The van der Waals surface area contributed by atoms with E-state index in [9.17, 15) is 0 Å². The second kappa shape index (κ2) is 8.10. The molecule has 24 heavy (non-hydrogen) atoms. The molecule has 0 amide bonds. The van der Waals surface area contributed by atoms with E-state index in [1.807, 2.05) is 0 Å². The van der Waals surface area contributed by atoms with Gasteiger partial charge in [-0.15, -0.1) is 12.4 Å². The Bertz CT molecular complexity index is 648. The van der Waals surface area contributed by atoms with E-state index in [1.165, 1.54) is 37.9 Å². The van der Waals surface area contributed by atoms with Crippen molar-refractivity contribution >= 4 is 12.4 Å². The Morgan fingerprint density at radius 2 is 2.08 bits per heavy atom. The topological polar surface area (TPSA) is 54.2 Å². The first-order valence-corrected chi connectivity index (χ1v) is 8.74. The van der Waals surface area contributed by atoms with Crippen LogP contribution in [0.1, 0.15) is 43.1 Å². The fourth-order valence-electron chi connectivity index (χ4n) is 3.57. The van der Waals surface area contributed by atoms with Crippen molar-refractivity contribution < 1.29 is 4.52 Å². The maximum atomic E-state index is 5.48. The summed E-state index contributed by atoms with van der Waals surface area (Å²) in [5.41, 5.74) is 2.39. The summed E-state index contributed by atoms with van der Waals surface area (Å²) in [7, 11) is 0. The summed E-state index contributed by atoms with van der Waals surface area (Å²) in [5, 5.41) is 7.53. The summed E-state index contributed by atoms with van der Waals surface area (Å²) in [6.07, 6.45) is 5.10. The van der Waals surface area contributed by atoms with Gasteiger partial charge >= 0.3 is 0 Å². The van der Waals surface area contributed by atoms with Gasteiger partial charge in [-0.05, 0) is 50.5 Å². The average Bonchev–Trinajstić information content (AvgIpc) is 3.28. The minimum absolute atomic E-state index is 0. The maximum Gasteiger partial charge on any atom is 0.231 e. The third kappa shape index (κ3) is 3.97. The predicted octanol–water partition coefficient (Wildman–Crippen LogP) is 3.22. The second-order valence-electron chi connectivity index (χ2n) is 6.68. The highest BCUT2D eigenvalue weighted by Crippen LogP contribution is 2.24. The van der Waals surface area contributed by atoms with Crippen molar-refractivity contribution in [2.75, 3.05) is 26.2 Å². The van der Waals surface area contributed by atoms with Crippen molar-refractivity contribution in [1.82, 2.24) is 20.4 Å². The van der Waals surface area contributed by atoms with Crippen LogP contribution >= 0.6 is 12.4 Å². The molecule has 5 nitrogen and oxygen atoms in total. The largest absolute Gasteiger partial charge is 0.339 e. The molecule has 1 atom stereocenters. The summed E-state index contributed by atoms with van der Waals surface area (Å²) in [4.78, 5) is 7.16. The smallest absolute Gasteiger partial charge is 0.231 e. The fourth-order valence-corrected chi connectivity index (χ4v) is 3.57. The molecule has 3 heterocycles. The molecule has 1 aromatic carbocycles. The minimum atomic E-state index is 0. The van der Waals surface area contributed by atoms with E-state index >= 15 is 0 Å². The average molecular weight is 349 g/mol. The molecule has 130 valence electrons. The third-order valence-corrected chi connectivity index (χ3v) is 4.89. The molecule has 0 saturated carbocycles. The standard InChI is InChI=1S/C18H24N4O.ClH/c1-2-9-22(10-3-1)13-14-5-4-6-15(11-14)17-20-18(23-21-17)16-7-8-19-12-16;/h4-6,11,16,19H,1-3,7-10,12-13H2;1H/t16-;/m0./s1. The Kier molecular flexibility index (Phi) is 5.87. The fraction of sp³-hybridized carbons (Fsp3) is 0.556. The van der Waals surface area contributed by atoms with Gasteiger partial charge in [-0.2, -0.15) is 4.98 Å². The van der Waals surface area contributed by atoms with E-state index in [4.69, 9.17) is 4.52 Å². The van der Waals surface area contributed by atoms with E-state index in [0.717, 1.165) is 37.5 Å². The zero-order valence-electron chi connectivity index (χ0n) is 13.9. The number of benzene rings is 1. The van der Waals surface area contributed by atoms with Crippen LogP contribution in [0.5, 0.6) is 0 Å². The van der Waals surface area contributed by atoms with Crippen molar-refractivity contribution in [1.29, 1.82) is 0 Å². The highest BCUT2D eigenvalue weighted by molar-refractivity contribution is 5.85. The van der Waals surface area contributed by atoms with Crippen LogP contribution in [-0.4, -0.2) is 41.2 Å². The van der Waals surface area contributed by atoms with Crippen molar-refractivity contribution in [3.8, 4) is 11.4 Å². The molecule has 2 aliphatic heterocycles. The summed E-state index contributed by atoms with van der Waals surface area (Å²) in [5.74, 6) is 1.85. The van der Waals surface area contributed by atoms with E-state index in [1.54, 1.807) is 0 Å². The molecule has 1 aromatic heterocycles. The minimum Gasteiger partial charge on any atom is -0.339 e. The summed E-state index contributed by atoms with van der Waals surface area (Å²) in [6.45, 7) is 5.42. The van der Waals surface area contributed by atoms with Gasteiger partial charge in [-0.1, -0.05) is 29.8 Å². The molecule has 6 heteroatoms. The third-order valence-electron chi connectivity index (χ3n) is 4.89. The number of piperidine rings is 1. The van der Waals surface area contributed by atoms with Gasteiger partial charge in [0.1, 0.15) is 0 Å². The molecule has 2 fully saturated rings. The van der Waals surface area contributed by atoms with Gasteiger partial charge in [0.2, 0.25) is 11.7 Å². The van der Waals surface area contributed by atoms with Gasteiger partial charge in [0.25, 0.3) is 0 Å². The molecule has 0 radical (unpaired) electrons. The first-order chi connectivity index (χ1) is 11.4. The van der Waals surface area contributed by atoms with Crippen LogP contribution in [0.3, 0.4) is 0 Å². The first-order valence-electron chi connectivity index (χ1n) is 8.74. The lowest BCUT2D eigenvalue weighted by Gasteiger charge is -2.26. The number of hydrogen-bond donors (Lipinski definition) is 1. The number of nitrogens with zero attached hydrogens (tertiary/aromatic N) is 3. The molecule has 2 saturated heterocycles. The molecular weight excluding hydrogens is 324 g/mol. The Morgan fingerprint density at radius 3 is 2.88 bits per heavy atom. The molecule has 0 spiro atoms. The summed E-state index contributed by atoms with van der Waals surface area (Å²) < 4.78 is 5.48. The Morgan fingerprint density at radius 1 is 1.21 bits per heavy atom. The first kappa shape index (κ1) is 17.4. The van der Waals surface area contributed by atoms with Crippen LogP contribution < -0.4 is 5.32 Å². The number of aromatic nitrogens is 2. The van der Waals surface area contributed by atoms with Gasteiger partial charge in [-0.25, -0.2) is 0 Å². The Labute approximate surface area is 149 Å². The molecule has 4 rings (SSSR count). The van der Waals surface area contributed by atoms with E-state index in [-0.39, 0.29) is 12.4 Å². The van der Waals surface area contributed by atoms with Crippen molar-refractivity contribution in [3.63, 3.8) is 0 Å². The van der Waals surface area contributed by atoms with Crippen molar-refractivity contribution in [2.45, 2.75) is 38.1 Å². The van der Waals surface area contributed by atoms with Gasteiger partial charge in [0, 0.05) is 18.7 Å². The normalized spacial score (nSPS) is 21.6. The predicted molar refractivity (Wildman–Crippen MR) is 96.3 cm³/mol. The lowest BCUT2D eigenvalue weighted by Crippen LogP contribution is -2.29. The molecule has 0 bridgehead atoms. The lowest BCUT2D eigenvalue weighted by molar-refractivity contribution is 0.221. The number of likely N-dealkylation sites (tertiary alicyclic amines) is 1. The van der Waals surface area contributed by atoms with Gasteiger partial charge in [-0.3, -0.25) is 4.90 Å². The van der Waals surface area contributed by atoms with Crippen LogP contribution in [0.4, 0.5) is 0 Å². The summed E-state index contributed by atoms with van der Waals surface area (Å²) >= 11 is 0.